The second-order valence-corrected chi connectivity index (χ2v) is 13.3. The van der Waals surface area contributed by atoms with Crippen molar-refractivity contribution in [2.75, 3.05) is 6.61 Å². The molecule has 0 spiro atoms. The minimum atomic E-state index is -1.80. The van der Waals surface area contributed by atoms with E-state index in [1.54, 1.807) is 0 Å². The summed E-state index contributed by atoms with van der Waals surface area (Å²) in [4.78, 5) is 49.4. The van der Waals surface area contributed by atoms with E-state index in [0.717, 1.165) is 32.1 Å². The lowest BCUT2D eigenvalue weighted by molar-refractivity contribution is -0.164. The maximum Gasteiger partial charge on any atom is 0.309 e. The molecule has 36 heavy (non-hydrogen) atoms. The molecule has 0 saturated heterocycles. The Hall–Kier alpha value is -2.06. The van der Waals surface area contributed by atoms with Crippen LogP contribution in [0.2, 0.25) is 0 Å². The first kappa shape index (κ1) is 27.0. The molecule has 4 rings (SSSR count). The van der Waals surface area contributed by atoms with Crippen LogP contribution in [0.4, 0.5) is 0 Å². The fraction of sp³-hybridized carbons (Fsp3) is 0.786. The van der Waals surface area contributed by atoms with Gasteiger partial charge in [0.15, 0.2) is 0 Å². The third kappa shape index (κ3) is 4.05. The number of carboxylic acids is 1. The SMILES string of the molecule is CC(O)(CC(=O)O)CC(=O)OCC1=C[C@@]2(O)[C@H](C[C@@H]3[C@@]4(C)CCCC(C)(C)[C@@H]4CC[C@@]32C)C(=O)C1=O. The smallest absolute Gasteiger partial charge is 0.309 e. The molecular weight excluding hydrogens is 464 g/mol. The normalized spacial score (nSPS) is 40.9. The molecule has 3 N–H and O–H groups in total. The third-order valence-corrected chi connectivity index (χ3v) is 10.4. The average Bonchev–Trinajstić information content (AvgIpc) is 2.96. The number of ether oxygens (including phenoxy) is 1. The second kappa shape index (κ2) is 8.48. The molecule has 0 bridgehead atoms. The lowest BCUT2D eigenvalue weighted by atomic mass is 9.43. The summed E-state index contributed by atoms with van der Waals surface area (Å²) in [6.07, 6.45) is 5.74. The number of aliphatic carboxylic acids is 1. The Morgan fingerprint density at radius 1 is 1.08 bits per heavy atom. The minimum absolute atomic E-state index is 0.0403. The zero-order valence-corrected chi connectivity index (χ0v) is 22.1. The van der Waals surface area contributed by atoms with Crippen molar-refractivity contribution in [1.29, 1.82) is 0 Å². The number of carboxylic acid groups (broad SMARTS) is 1. The topological polar surface area (TPSA) is 138 Å². The standard InChI is InChI=1S/C28H40O8/c1-24(2)8-6-9-26(4)18(24)7-10-27(5)19(26)11-17-23(33)22(32)16(12-28(17,27)35)15-36-21(31)14-25(3,34)13-20(29)30/h12,17-19,34-35H,6-11,13-15H2,1-5H3,(H,29,30)/t17-,18+,19-,25?,26+,27+,28-/m1/s1. The van der Waals surface area contributed by atoms with Crippen molar-refractivity contribution in [3.8, 4) is 0 Å². The Labute approximate surface area is 212 Å². The fourth-order valence-corrected chi connectivity index (χ4v) is 8.71. The number of hydrogen-bond donors (Lipinski definition) is 3. The van der Waals surface area contributed by atoms with E-state index in [4.69, 9.17) is 9.84 Å². The molecule has 0 radical (unpaired) electrons. The van der Waals surface area contributed by atoms with Crippen LogP contribution in [0.5, 0.6) is 0 Å². The van der Waals surface area contributed by atoms with E-state index in [1.807, 2.05) is 6.92 Å². The molecule has 7 atom stereocenters. The molecule has 0 aliphatic heterocycles. The van der Waals surface area contributed by atoms with Crippen molar-refractivity contribution in [3.63, 3.8) is 0 Å². The molecule has 4 aliphatic rings. The van der Waals surface area contributed by atoms with Crippen molar-refractivity contribution in [2.24, 2.45) is 34.0 Å². The van der Waals surface area contributed by atoms with E-state index < -0.39 is 65.5 Å². The quantitative estimate of drug-likeness (QED) is 0.370. The van der Waals surface area contributed by atoms with Crippen molar-refractivity contribution in [2.45, 2.75) is 97.2 Å². The van der Waals surface area contributed by atoms with Gasteiger partial charge in [-0.2, -0.15) is 0 Å². The lowest BCUT2D eigenvalue weighted by Gasteiger charge is -2.62. The van der Waals surface area contributed by atoms with E-state index in [2.05, 4.69) is 20.8 Å². The minimum Gasteiger partial charge on any atom is -0.481 e. The number of fused-ring (bicyclic) bond motifs is 5. The molecule has 0 aromatic carbocycles. The van der Waals surface area contributed by atoms with Gasteiger partial charge in [0, 0.05) is 11.0 Å². The molecule has 4 aliphatic carbocycles. The van der Waals surface area contributed by atoms with Crippen molar-refractivity contribution in [3.05, 3.63) is 11.6 Å². The Morgan fingerprint density at radius 3 is 2.39 bits per heavy atom. The van der Waals surface area contributed by atoms with Crippen LogP contribution in [0, 0.1) is 34.0 Å². The summed E-state index contributed by atoms with van der Waals surface area (Å²) in [6.45, 7) is 9.71. The Bertz CT molecular complexity index is 1020. The summed E-state index contributed by atoms with van der Waals surface area (Å²) in [7, 11) is 0. The van der Waals surface area contributed by atoms with Gasteiger partial charge in [-0.05, 0) is 67.8 Å². The van der Waals surface area contributed by atoms with Gasteiger partial charge in [-0.3, -0.25) is 19.2 Å². The van der Waals surface area contributed by atoms with Crippen LogP contribution >= 0.6 is 0 Å². The highest BCUT2D eigenvalue weighted by atomic mass is 16.5. The monoisotopic (exact) mass is 504 g/mol. The highest BCUT2D eigenvalue weighted by Gasteiger charge is 2.71. The van der Waals surface area contributed by atoms with Crippen LogP contribution < -0.4 is 0 Å². The Kier molecular flexibility index (Phi) is 6.36. The fourth-order valence-electron chi connectivity index (χ4n) is 8.71. The van der Waals surface area contributed by atoms with Crippen molar-refractivity contribution < 1.29 is 39.2 Å². The largest absolute Gasteiger partial charge is 0.481 e. The predicted octanol–water partition coefficient (Wildman–Crippen LogP) is 3.22. The van der Waals surface area contributed by atoms with Crippen molar-refractivity contribution >= 4 is 23.5 Å². The molecule has 200 valence electrons. The van der Waals surface area contributed by atoms with E-state index in [9.17, 15) is 29.4 Å². The maximum absolute atomic E-state index is 13.3. The Morgan fingerprint density at radius 2 is 1.75 bits per heavy atom. The van der Waals surface area contributed by atoms with Gasteiger partial charge in [0.05, 0.1) is 30.0 Å². The van der Waals surface area contributed by atoms with E-state index in [1.165, 1.54) is 13.0 Å². The van der Waals surface area contributed by atoms with Crippen LogP contribution in [-0.4, -0.2) is 56.6 Å². The van der Waals surface area contributed by atoms with Gasteiger partial charge in [0.25, 0.3) is 0 Å². The van der Waals surface area contributed by atoms with Gasteiger partial charge in [-0.25, -0.2) is 0 Å². The summed E-state index contributed by atoms with van der Waals surface area (Å²) < 4.78 is 5.17. The molecule has 8 heteroatoms. The number of ketones is 2. The predicted molar refractivity (Wildman–Crippen MR) is 130 cm³/mol. The van der Waals surface area contributed by atoms with Crippen LogP contribution in [-0.2, 0) is 23.9 Å². The summed E-state index contributed by atoms with van der Waals surface area (Å²) >= 11 is 0. The third-order valence-electron chi connectivity index (χ3n) is 10.4. The van der Waals surface area contributed by atoms with Gasteiger partial charge in [0.2, 0.25) is 11.6 Å². The Balaban J connectivity index is 1.59. The summed E-state index contributed by atoms with van der Waals surface area (Å²) in [5.74, 6) is -3.77. The average molecular weight is 505 g/mol. The van der Waals surface area contributed by atoms with Gasteiger partial charge in [0.1, 0.15) is 6.61 Å². The highest BCUT2D eigenvalue weighted by Crippen LogP contribution is 2.72. The number of carbonyl (C=O) groups is 4. The zero-order valence-electron chi connectivity index (χ0n) is 22.1. The number of rotatable bonds is 6. The number of esters is 1. The van der Waals surface area contributed by atoms with E-state index >= 15 is 0 Å². The molecule has 0 amide bonds. The van der Waals surface area contributed by atoms with Crippen LogP contribution in [0.25, 0.3) is 0 Å². The first-order valence-corrected chi connectivity index (χ1v) is 13.1. The van der Waals surface area contributed by atoms with Gasteiger partial charge in [-0.1, -0.05) is 34.1 Å². The molecule has 0 heterocycles. The molecule has 0 aromatic heterocycles. The highest BCUT2D eigenvalue weighted by molar-refractivity contribution is 6.45. The molecule has 3 saturated carbocycles. The molecule has 3 fully saturated rings. The van der Waals surface area contributed by atoms with E-state index in [-0.39, 0.29) is 22.3 Å². The van der Waals surface area contributed by atoms with Crippen LogP contribution in [0.3, 0.4) is 0 Å². The van der Waals surface area contributed by atoms with Gasteiger partial charge in [-0.15, -0.1) is 0 Å². The van der Waals surface area contributed by atoms with Gasteiger partial charge >= 0.3 is 11.9 Å². The molecule has 8 nitrogen and oxygen atoms in total. The van der Waals surface area contributed by atoms with Gasteiger partial charge < -0.3 is 20.1 Å². The summed E-state index contributed by atoms with van der Waals surface area (Å²) in [5.41, 5.74) is -3.81. The first-order valence-electron chi connectivity index (χ1n) is 13.1. The number of Topliss-reactive ketones (excluding diaryl/α,β-unsaturated/α-hetero) is 2. The lowest BCUT2D eigenvalue weighted by Crippen LogP contribution is -2.59. The van der Waals surface area contributed by atoms with Crippen LogP contribution in [0.15, 0.2) is 11.6 Å². The zero-order chi connectivity index (χ0) is 26.9. The van der Waals surface area contributed by atoms with E-state index in [0.29, 0.717) is 12.3 Å². The number of carbonyl (C=O) groups excluding carboxylic acids is 3. The number of aliphatic hydroxyl groups is 2. The number of hydrogen-bond acceptors (Lipinski definition) is 7. The summed E-state index contributed by atoms with van der Waals surface area (Å²) in [6, 6.07) is 0. The molecule has 1 unspecified atom stereocenters. The molecule has 0 aromatic rings. The summed E-state index contributed by atoms with van der Waals surface area (Å²) in [5, 5.41) is 31.1. The van der Waals surface area contributed by atoms with Crippen LogP contribution in [0.1, 0.15) is 86.0 Å². The maximum atomic E-state index is 13.3. The van der Waals surface area contributed by atoms with Crippen molar-refractivity contribution in [1.82, 2.24) is 0 Å². The second-order valence-electron chi connectivity index (χ2n) is 13.3. The first-order chi connectivity index (χ1) is 16.5. The molecular formula is C28H40O8.